The van der Waals surface area contributed by atoms with E-state index in [0.29, 0.717) is 6.54 Å². The van der Waals surface area contributed by atoms with Crippen molar-refractivity contribution in [2.45, 2.75) is 148 Å². The molecule has 31 heavy (non-hydrogen) atoms. The van der Waals surface area contributed by atoms with Gasteiger partial charge >= 0.3 is 0 Å². The van der Waals surface area contributed by atoms with Crippen molar-refractivity contribution in [2.75, 3.05) is 18.8 Å². The molecule has 0 saturated carbocycles. The molecule has 5 heteroatoms. The summed E-state index contributed by atoms with van der Waals surface area (Å²) in [6.07, 6.45) is 30.6. The minimum Gasteiger partial charge on any atom is -0.316 e. The maximum Gasteiger partial charge on any atom is 0.266 e. The molecule has 0 aromatic heterocycles. The summed E-state index contributed by atoms with van der Waals surface area (Å²) in [7, 11) is -3.81. The summed E-state index contributed by atoms with van der Waals surface area (Å²) >= 11 is 0. The maximum absolute atomic E-state index is 10.6. The van der Waals surface area contributed by atoms with Crippen molar-refractivity contribution in [1.29, 1.82) is 0 Å². The third kappa shape index (κ3) is 29.9. The summed E-state index contributed by atoms with van der Waals surface area (Å²) in [4.78, 5) is 0. The zero-order chi connectivity index (χ0) is 22.9. The fourth-order valence-electron chi connectivity index (χ4n) is 4.18. The third-order valence-electron chi connectivity index (χ3n) is 6.24. The zero-order valence-electron chi connectivity index (χ0n) is 20.8. The Morgan fingerprint density at radius 3 is 1.06 bits per heavy atom. The average molecular weight is 462 g/mol. The summed E-state index contributed by atoms with van der Waals surface area (Å²) in [5, 5.41) is 3.06. The minimum atomic E-state index is -3.81. The number of rotatable bonds is 26. The van der Waals surface area contributed by atoms with E-state index < -0.39 is 10.1 Å². The SMILES string of the molecule is CCCCCCCCCCCCCCCCCCCCCCCCNCCS(=O)(=O)O. The predicted molar refractivity (Wildman–Crippen MR) is 137 cm³/mol. The van der Waals surface area contributed by atoms with Gasteiger partial charge in [0, 0.05) is 6.54 Å². The lowest BCUT2D eigenvalue weighted by Crippen LogP contribution is -2.23. The van der Waals surface area contributed by atoms with Gasteiger partial charge in [-0.2, -0.15) is 8.42 Å². The van der Waals surface area contributed by atoms with Gasteiger partial charge in [0.1, 0.15) is 0 Å². The summed E-state index contributed by atoms with van der Waals surface area (Å²) in [5.41, 5.74) is 0. The average Bonchev–Trinajstić information content (AvgIpc) is 2.73. The van der Waals surface area contributed by atoms with Crippen LogP contribution in [0, 0.1) is 0 Å². The van der Waals surface area contributed by atoms with Gasteiger partial charge in [-0.05, 0) is 13.0 Å². The molecule has 0 aliphatic heterocycles. The Labute approximate surface area is 195 Å². The highest BCUT2D eigenvalue weighted by molar-refractivity contribution is 7.85. The highest BCUT2D eigenvalue weighted by atomic mass is 32.2. The number of nitrogens with one attached hydrogen (secondary N) is 1. The number of unbranched alkanes of at least 4 members (excludes halogenated alkanes) is 21. The van der Waals surface area contributed by atoms with Crippen LogP contribution in [0.4, 0.5) is 0 Å². The Hall–Kier alpha value is -0.130. The topological polar surface area (TPSA) is 66.4 Å². The fourth-order valence-corrected chi connectivity index (χ4v) is 4.59. The highest BCUT2D eigenvalue weighted by Crippen LogP contribution is 2.15. The van der Waals surface area contributed by atoms with Gasteiger partial charge in [0.25, 0.3) is 10.1 Å². The molecule has 0 heterocycles. The van der Waals surface area contributed by atoms with Crippen LogP contribution in [0.3, 0.4) is 0 Å². The lowest BCUT2D eigenvalue weighted by atomic mass is 10.0. The molecule has 0 aromatic carbocycles. The van der Waals surface area contributed by atoms with Gasteiger partial charge in [-0.15, -0.1) is 0 Å². The molecule has 0 aromatic rings. The van der Waals surface area contributed by atoms with E-state index in [9.17, 15) is 8.42 Å². The van der Waals surface area contributed by atoms with Crippen LogP contribution < -0.4 is 5.32 Å². The molecule has 0 bridgehead atoms. The molecule has 0 radical (unpaired) electrons. The van der Waals surface area contributed by atoms with Crippen molar-refractivity contribution in [3.8, 4) is 0 Å². The Morgan fingerprint density at radius 1 is 0.484 bits per heavy atom. The molecular formula is C26H55NO3S. The Kier molecular flexibility index (Phi) is 24.4. The molecule has 0 saturated heterocycles. The van der Waals surface area contributed by atoms with Crippen molar-refractivity contribution >= 4 is 10.1 Å². The van der Waals surface area contributed by atoms with E-state index in [4.69, 9.17) is 4.55 Å². The molecule has 0 amide bonds. The van der Waals surface area contributed by atoms with Gasteiger partial charge in [-0.3, -0.25) is 4.55 Å². The van der Waals surface area contributed by atoms with Crippen LogP contribution in [0.1, 0.15) is 148 Å². The van der Waals surface area contributed by atoms with Crippen molar-refractivity contribution in [3.63, 3.8) is 0 Å². The number of hydrogen-bond donors (Lipinski definition) is 2. The first-order valence-corrected chi connectivity index (χ1v) is 15.3. The molecule has 4 nitrogen and oxygen atoms in total. The molecule has 0 rings (SSSR count). The normalized spacial score (nSPS) is 11.9. The van der Waals surface area contributed by atoms with Crippen LogP contribution in [0.25, 0.3) is 0 Å². The Bertz CT molecular complexity index is 440. The molecule has 0 fully saturated rings. The molecule has 0 aliphatic rings. The summed E-state index contributed by atoms with van der Waals surface area (Å²) in [6, 6.07) is 0. The summed E-state index contributed by atoms with van der Waals surface area (Å²) < 4.78 is 29.8. The van der Waals surface area contributed by atoms with E-state index in [1.807, 2.05) is 0 Å². The van der Waals surface area contributed by atoms with Gasteiger partial charge < -0.3 is 5.32 Å². The highest BCUT2D eigenvalue weighted by Gasteiger charge is 2.02. The van der Waals surface area contributed by atoms with Gasteiger partial charge in [0.2, 0.25) is 0 Å². The lowest BCUT2D eigenvalue weighted by Gasteiger charge is -2.05. The van der Waals surface area contributed by atoms with Crippen molar-refractivity contribution in [3.05, 3.63) is 0 Å². The van der Waals surface area contributed by atoms with Crippen molar-refractivity contribution in [2.24, 2.45) is 0 Å². The van der Waals surface area contributed by atoms with Gasteiger partial charge in [0.05, 0.1) is 5.75 Å². The fraction of sp³-hybridized carbons (Fsp3) is 1.00. The minimum absolute atomic E-state index is 0.188. The molecule has 2 N–H and O–H groups in total. The van der Waals surface area contributed by atoms with Crippen molar-refractivity contribution < 1.29 is 13.0 Å². The number of hydrogen-bond acceptors (Lipinski definition) is 3. The van der Waals surface area contributed by atoms with E-state index in [1.54, 1.807) is 0 Å². The standard InChI is InChI=1S/C26H55NO3S/c1-2-3-4-5-6-7-8-9-10-11-12-13-14-15-16-17-18-19-20-21-22-23-24-27-25-26-31(28,29)30/h27H,2-26H2,1H3,(H,28,29,30). The molecule has 0 spiro atoms. The summed E-state index contributed by atoms with van der Waals surface area (Å²) in [6.45, 7) is 3.47. The van der Waals surface area contributed by atoms with Crippen molar-refractivity contribution in [1.82, 2.24) is 5.32 Å². The quantitative estimate of drug-likeness (QED) is 0.101. The van der Waals surface area contributed by atoms with E-state index >= 15 is 0 Å². The van der Waals surface area contributed by atoms with E-state index in [0.717, 1.165) is 13.0 Å². The molecule has 188 valence electrons. The van der Waals surface area contributed by atoms with Crippen LogP contribution in [0.2, 0.25) is 0 Å². The third-order valence-corrected chi connectivity index (χ3v) is 6.96. The Balaban J connectivity index is 3.04. The van der Waals surface area contributed by atoms with Crippen LogP contribution in [0.5, 0.6) is 0 Å². The van der Waals surface area contributed by atoms with E-state index in [2.05, 4.69) is 12.2 Å². The van der Waals surface area contributed by atoms with Crippen LogP contribution >= 0.6 is 0 Å². The monoisotopic (exact) mass is 461 g/mol. The smallest absolute Gasteiger partial charge is 0.266 e. The van der Waals surface area contributed by atoms with E-state index in [-0.39, 0.29) is 5.75 Å². The lowest BCUT2D eigenvalue weighted by molar-refractivity contribution is 0.479. The van der Waals surface area contributed by atoms with Gasteiger partial charge in [0.15, 0.2) is 0 Å². The van der Waals surface area contributed by atoms with Gasteiger partial charge in [-0.25, -0.2) is 0 Å². The molecular weight excluding hydrogens is 406 g/mol. The molecule has 0 aliphatic carbocycles. The Morgan fingerprint density at radius 2 is 0.774 bits per heavy atom. The largest absolute Gasteiger partial charge is 0.316 e. The van der Waals surface area contributed by atoms with Crippen LogP contribution in [0.15, 0.2) is 0 Å². The maximum atomic E-state index is 10.6. The van der Waals surface area contributed by atoms with Gasteiger partial charge in [-0.1, -0.05) is 142 Å². The van der Waals surface area contributed by atoms with Crippen LogP contribution in [-0.4, -0.2) is 31.8 Å². The molecule has 0 atom stereocenters. The predicted octanol–water partition coefficient (Wildman–Crippen LogP) is 8.07. The van der Waals surface area contributed by atoms with E-state index in [1.165, 1.54) is 135 Å². The second kappa shape index (κ2) is 24.5. The first-order chi connectivity index (χ1) is 15.1. The molecule has 0 unspecified atom stereocenters. The summed E-state index contributed by atoms with van der Waals surface area (Å²) in [5.74, 6) is -0.188. The second-order valence-corrected chi connectivity index (χ2v) is 11.0. The zero-order valence-corrected chi connectivity index (χ0v) is 21.7. The first-order valence-electron chi connectivity index (χ1n) is 13.7. The second-order valence-electron chi connectivity index (χ2n) is 9.46. The van der Waals surface area contributed by atoms with Crippen LogP contribution in [-0.2, 0) is 10.1 Å². The first kappa shape index (κ1) is 30.9.